The third-order valence-corrected chi connectivity index (χ3v) is 3.06. The van der Waals surface area contributed by atoms with Crippen LogP contribution in [0.3, 0.4) is 0 Å². The van der Waals surface area contributed by atoms with Gasteiger partial charge < -0.3 is 10.1 Å². The molecule has 0 aliphatic carbocycles. The van der Waals surface area contributed by atoms with Gasteiger partial charge in [0.25, 0.3) is 0 Å². The van der Waals surface area contributed by atoms with Gasteiger partial charge in [-0.05, 0) is 49.9 Å². The minimum absolute atomic E-state index is 0.209. The zero-order valence-corrected chi connectivity index (χ0v) is 12.9. The third kappa shape index (κ3) is 7.22. The van der Waals surface area contributed by atoms with E-state index in [1.165, 1.54) is 24.8 Å². The van der Waals surface area contributed by atoms with E-state index in [2.05, 4.69) is 57.3 Å². The number of hydrogen-bond donors (Lipinski definition) is 1. The number of rotatable bonds is 9. The van der Waals surface area contributed by atoms with Gasteiger partial charge in [0.15, 0.2) is 0 Å². The molecule has 0 aromatic heterocycles. The van der Waals surface area contributed by atoms with E-state index in [-0.39, 0.29) is 6.10 Å². The molecule has 1 N–H and O–H groups in total. The maximum Gasteiger partial charge on any atom is 0.119 e. The molecule has 0 radical (unpaired) electrons. The molecule has 1 aromatic rings. The smallest absolute Gasteiger partial charge is 0.119 e. The number of unbranched alkanes of at least 4 members (excludes halogenated alkanes) is 1. The topological polar surface area (TPSA) is 21.3 Å². The first-order valence-corrected chi connectivity index (χ1v) is 7.58. The Balaban J connectivity index is 2.31. The quantitative estimate of drug-likeness (QED) is 0.726. The van der Waals surface area contributed by atoms with E-state index in [4.69, 9.17) is 4.74 Å². The van der Waals surface area contributed by atoms with Gasteiger partial charge in [0.2, 0.25) is 0 Å². The summed E-state index contributed by atoms with van der Waals surface area (Å²) in [6.45, 7) is 10.7. The highest BCUT2D eigenvalue weighted by Gasteiger charge is 2.04. The second kappa shape index (κ2) is 8.98. The van der Waals surface area contributed by atoms with E-state index in [1.807, 2.05) is 0 Å². The Bertz CT molecular complexity index is 332. The SMILES string of the molecule is CCCCc1ccc(OC(C)CNCC(C)C)cc1. The first-order valence-electron chi connectivity index (χ1n) is 7.58. The molecule has 19 heavy (non-hydrogen) atoms. The van der Waals surface area contributed by atoms with Gasteiger partial charge in [0.05, 0.1) is 0 Å². The summed E-state index contributed by atoms with van der Waals surface area (Å²) < 4.78 is 5.89. The fraction of sp³-hybridized carbons (Fsp3) is 0.647. The lowest BCUT2D eigenvalue weighted by molar-refractivity contribution is 0.215. The van der Waals surface area contributed by atoms with Crippen LogP contribution in [0.2, 0.25) is 0 Å². The highest BCUT2D eigenvalue weighted by Crippen LogP contribution is 2.15. The summed E-state index contributed by atoms with van der Waals surface area (Å²) in [5.41, 5.74) is 1.40. The predicted octanol–water partition coefficient (Wildman–Crippen LogP) is 4.04. The average Bonchev–Trinajstić information content (AvgIpc) is 2.37. The lowest BCUT2D eigenvalue weighted by atomic mass is 10.1. The standard InChI is InChI=1S/C17H29NO/c1-5-6-7-16-8-10-17(11-9-16)19-15(4)13-18-12-14(2)3/h8-11,14-15,18H,5-7,12-13H2,1-4H3. The highest BCUT2D eigenvalue weighted by atomic mass is 16.5. The Hall–Kier alpha value is -1.02. The number of nitrogens with one attached hydrogen (secondary N) is 1. The lowest BCUT2D eigenvalue weighted by Crippen LogP contribution is -2.31. The van der Waals surface area contributed by atoms with Crippen LogP contribution in [0.15, 0.2) is 24.3 Å². The van der Waals surface area contributed by atoms with Crippen LogP contribution in [-0.2, 0) is 6.42 Å². The predicted molar refractivity (Wildman–Crippen MR) is 82.9 cm³/mol. The zero-order chi connectivity index (χ0) is 14.1. The van der Waals surface area contributed by atoms with Gasteiger partial charge in [0.1, 0.15) is 11.9 Å². The van der Waals surface area contributed by atoms with E-state index < -0.39 is 0 Å². The molecular formula is C17H29NO. The molecule has 1 unspecified atom stereocenters. The average molecular weight is 263 g/mol. The van der Waals surface area contributed by atoms with Gasteiger partial charge in [-0.2, -0.15) is 0 Å². The molecule has 2 heteroatoms. The molecule has 0 saturated heterocycles. The number of hydrogen-bond acceptors (Lipinski definition) is 2. The normalized spacial score (nSPS) is 12.7. The third-order valence-electron chi connectivity index (χ3n) is 3.06. The van der Waals surface area contributed by atoms with E-state index in [0.29, 0.717) is 5.92 Å². The van der Waals surface area contributed by atoms with Crippen molar-refractivity contribution >= 4 is 0 Å². The van der Waals surface area contributed by atoms with Crippen molar-refractivity contribution in [3.8, 4) is 5.75 Å². The van der Waals surface area contributed by atoms with E-state index in [9.17, 15) is 0 Å². The molecule has 1 aromatic carbocycles. The van der Waals surface area contributed by atoms with Gasteiger partial charge >= 0.3 is 0 Å². The minimum Gasteiger partial charge on any atom is -0.489 e. The van der Waals surface area contributed by atoms with Crippen LogP contribution >= 0.6 is 0 Å². The molecule has 0 saturated carbocycles. The molecule has 2 nitrogen and oxygen atoms in total. The van der Waals surface area contributed by atoms with Crippen LogP contribution in [0, 0.1) is 5.92 Å². The van der Waals surface area contributed by atoms with Crippen LogP contribution in [0.1, 0.15) is 46.1 Å². The molecule has 0 heterocycles. The first kappa shape index (κ1) is 16.0. The van der Waals surface area contributed by atoms with E-state index in [1.54, 1.807) is 0 Å². The summed E-state index contributed by atoms with van der Waals surface area (Å²) >= 11 is 0. The fourth-order valence-electron chi connectivity index (χ4n) is 1.96. The van der Waals surface area contributed by atoms with Crippen LogP contribution in [0.5, 0.6) is 5.75 Å². The van der Waals surface area contributed by atoms with Gasteiger partial charge in [-0.1, -0.05) is 39.3 Å². The Morgan fingerprint density at radius 3 is 2.32 bits per heavy atom. The molecule has 108 valence electrons. The van der Waals surface area contributed by atoms with Crippen molar-refractivity contribution < 1.29 is 4.74 Å². The Morgan fingerprint density at radius 2 is 1.74 bits per heavy atom. The number of aryl methyl sites for hydroxylation is 1. The molecule has 0 aliphatic rings. The molecule has 0 aliphatic heterocycles. The number of benzene rings is 1. The Kier molecular flexibility index (Phi) is 7.57. The summed E-state index contributed by atoms with van der Waals surface area (Å²) in [7, 11) is 0. The summed E-state index contributed by atoms with van der Waals surface area (Å²) in [6.07, 6.45) is 3.88. The van der Waals surface area contributed by atoms with Crippen LogP contribution in [-0.4, -0.2) is 19.2 Å². The van der Waals surface area contributed by atoms with Crippen molar-refractivity contribution in [2.24, 2.45) is 5.92 Å². The molecular weight excluding hydrogens is 234 g/mol. The van der Waals surface area contributed by atoms with Crippen molar-refractivity contribution in [1.82, 2.24) is 5.32 Å². The maximum absolute atomic E-state index is 5.89. The van der Waals surface area contributed by atoms with E-state index >= 15 is 0 Å². The van der Waals surface area contributed by atoms with Crippen molar-refractivity contribution in [3.63, 3.8) is 0 Å². The van der Waals surface area contributed by atoms with Gasteiger partial charge in [-0.3, -0.25) is 0 Å². The number of ether oxygens (including phenoxy) is 1. The van der Waals surface area contributed by atoms with Crippen LogP contribution in [0.25, 0.3) is 0 Å². The minimum atomic E-state index is 0.209. The summed E-state index contributed by atoms with van der Waals surface area (Å²) in [6, 6.07) is 8.53. The first-order chi connectivity index (χ1) is 9.11. The highest BCUT2D eigenvalue weighted by molar-refractivity contribution is 5.27. The molecule has 0 amide bonds. The summed E-state index contributed by atoms with van der Waals surface area (Å²) in [5.74, 6) is 1.66. The van der Waals surface area contributed by atoms with Gasteiger partial charge in [-0.25, -0.2) is 0 Å². The van der Waals surface area contributed by atoms with Crippen molar-refractivity contribution in [1.29, 1.82) is 0 Å². The molecule has 1 atom stereocenters. The van der Waals surface area contributed by atoms with Crippen LogP contribution < -0.4 is 10.1 Å². The second-order valence-corrected chi connectivity index (χ2v) is 5.73. The summed E-state index contributed by atoms with van der Waals surface area (Å²) in [4.78, 5) is 0. The van der Waals surface area contributed by atoms with Crippen LogP contribution in [0.4, 0.5) is 0 Å². The van der Waals surface area contributed by atoms with Gasteiger partial charge in [-0.15, -0.1) is 0 Å². The Labute approximate surface area is 118 Å². The maximum atomic E-state index is 5.89. The zero-order valence-electron chi connectivity index (χ0n) is 12.9. The lowest BCUT2D eigenvalue weighted by Gasteiger charge is -2.16. The van der Waals surface area contributed by atoms with Crippen molar-refractivity contribution in [3.05, 3.63) is 29.8 Å². The van der Waals surface area contributed by atoms with Crippen molar-refractivity contribution in [2.45, 2.75) is 53.1 Å². The monoisotopic (exact) mass is 263 g/mol. The molecule has 0 fully saturated rings. The Morgan fingerprint density at radius 1 is 1.05 bits per heavy atom. The summed E-state index contributed by atoms with van der Waals surface area (Å²) in [5, 5.41) is 3.42. The molecule has 0 spiro atoms. The largest absolute Gasteiger partial charge is 0.489 e. The second-order valence-electron chi connectivity index (χ2n) is 5.73. The van der Waals surface area contributed by atoms with Crippen molar-refractivity contribution in [2.75, 3.05) is 13.1 Å². The molecule has 0 bridgehead atoms. The fourth-order valence-corrected chi connectivity index (χ4v) is 1.96. The van der Waals surface area contributed by atoms with Gasteiger partial charge in [0, 0.05) is 6.54 Å². The van der Waals surface area contributed by atoms with E-state index in [0.717, 1.165) is 18.8 Å². The molecule has 1 rings (SSSR count).